The maximum atomic E-state index is 12.2. The SMILES string of the molecule is CCC1(C(=O)O)CCCN1C(=O)C1CCC1. The van der Waals surface area contributed by atoms with Crippen LogP contribution in [0.25, 0.3) is 0 Å². The van der Waals surface area contributed by atoms with Crippen LogP contribution in [0, 0.1) is 5.92 Å². The number of nitrogens with zero attached hydrogens (tertiary/aromatic N) is 1. The highest BCUT2D eigenvalue weighted by Crippen LogP contribution is 2.37. The first-order chi connectivity index (χ1) is 7.62. The monoisotopic (exact) mass is 225 g/mol. The van der Waals surface area contributed by atoms with E-state index in [1.54, 1.807) is 4.90 Å². The van der Waals surface area contributed by atoms with Gasteiger partial charge >= 0.3 is 5.97 Å². The third-order valence-electron chi connectivity index (χ3n) is 4.19. The summed E-state index contributed by atoms with van der Waals surface area (Å²) in [5.41, 5.74) is -0.910. The Hall–Kier alpha value is -1.06. The van der Waals surface area contributed by atoms with Gasteiger partial charge in [-0.3, -0.25) is 4.79 Å². The number of rotatable bonds is 3. The zero-order chi connectivity index (χ0) is 11.8. The Balaban J connectivity index is 2.18. The van der Waals surface area contributed by atoms with Gasteiger partial charge in [0.15, 0.2) is 0 Å². The number of hydrogen-bond acceptors (Lipinski definition) is 2. The quantitative estimate of drug-likeness (QED) is 0.794. The molecule has 0 spiro atoms. The van der Waals surface area contributed by atoms with Crippen molar-refractivity contribution in [1.82, 2.24) is 4.90 Å². The summed E-state index contributed by atoms with van der Waals surface area (Å²) in [4.78, 5) is 25.2. The lowest BCUT2D eigenvalue weighted by atomic mass is 9.83. The fraction of sp³-hybridized carbons (Fsp3) is 0.833. The molecule has 0 bridgehead atoms. The largest absolute Gasteiger partial charge is 0.479 e. The second kappa shape index (κ2) is 4.07. The van der Waals surface area contributed by atoms with Gasteiger partial charge in [-0.1, -0.05) is 13.3 Å². The lowest BCUT2D eigenvalue weighted by Gasteiger charge is -2.38. The van der Waals surface area contributed by atoms with E-state index in [1.165, 1.54) is 0 Å². The van der Waals surface area contributed by atoms with Crippen molar-refractivity contribution < 1.29 is 14.7 Å². The van der Waals surface area contributed by atoms with E-state index in [0.717, 1.165) is 25.7 Å². The number of carbonyl (C=O) groups is 2. The first-order valence-corrected chi connectivity index (χ1v) is 6.16. The van der Waals surface area contributed by atoms with Crippen molar-refractivity contribution in [2.45, 2.75) is 51.0 Å². The van der Waals surface area contributed by atoms with Crippen molar-refractivity contribution in [2.24, 2.45) is 5.92 Å². The van der Waals surface area contributed by atoms with E-state index in [0.29, 0.717) is 19.4 Å². The predicted molar refractivity (Wildman–Crippen MR) is 58.9 cm³/mol. The van der Waals surface area contributed by atoms with E-state index in [1.807, 2.05) is 6.92 Å². The van der Waals surface area contributed by atoms with Crippen molar-refractivity contribution in [2.75, 3.05) is 6.54 Å². The molecule has 4 nitrogen and oxygen atoms in total. The highest BCUT2D eigenvalue weighted by molar-refractivity contribution is 5.89. The van der Waals surface area contributed by atoms with Crippen LogP contribution >= 0.6 is 0 Å². The molecular formula is C12H19NO3. The Kier molecular flexibility index (Phi) is 2.91. The fourth-order valence-corrected chi connectivity index (χ4v) is 2.82. The number of carboxylic acid groups (broad SMARTS) is 1. The van der Waals surface area contributed by atoms with Crippen LogP contribution in [0.2, 0.25) is 0 Å². The summed E-state index contributed by atoms with van der Waals surface area (Å²) < 4.78 is 0. The molecule has 90 valence electrons. The molecule has 2 fully saturated rings. The maximum absolute atomic E-state index is 12.2. The smallest absolute Gasteiger partial charge is 0.329 e. The summed E-state index contributed by atoms with van der Waals surface area (Å²) >= 11 is 0. The zero-order valence-electron chi connectivity index (χ0n) is 9.74. The number of likely N-dealkylation sites (tertiary alicyclic amines) is 1. The van der Waals surface area contributed by atoms with Crippen molar-refractivity contribution in [3.8, 4) is 0 Å². The standard InChI is InChI=1S/C12H19NO3/c1-2-12(11(15)16)7-4-8-13(12)10(14)9-5-3-6-9/h9H,2-8H2,1H3,(H,15,16). The molecule has 1 saturated carbocycles. The molecule has 1 atom stereocenters. The van der Waals surface area contributed by atoms with E-state index in [9.17, 15) is 14.7 Å². The van der Waals surface area contributed by atoms with E-state index in [2.05, 4.69) is 0 Å². The Morgan fingerprint density at radius 1 is 1.38 bits per heavy atom. The summed E-state index contributed by atoms with van der Waals surface area (Å²) in [6.07, 6.45) is 4.93. The Bertz CT molecular complexity index is 311. The summed E-state index contributed by atoms with van der Waals surface area (Å²) in [6.45, 7) is 2.48. The van der Waals surface area contributed by atoms with E-state index >= 15 is 0 Å². The molecule has 2 rings (SSSR count). The van der Waals surface area contributed by atoms with Crippen molar-refractivity contribution in [3.05, 3.63) is 0 Å². The summed E-state index contributed by atoms with van der Waals surface area (Å²) in [5, 5.41) is 9.36. The average molecular weight is 225 g/mol. The third kappa shape index (κ3) is 1.51. The van der Waals surface area contributed by atoms with Crippen molar-refractivity contribution in [3.63, 3.8) is 0 Å². The van der Waals surface area contributed by atoms with Crippen LogP contribution in [-0.2, 0) is 9.59 Å². The van der Waals surface area contributed by atoms with Gasteiger partial charge in [-0.2, -0.15) is 0 Å². The predicted octanol–water partition coefficient (Wildman–Crippen LogP) is 1.64. The Labute approximate surface area is 95.6 Å². The first kappa shape index (κ1) is 11.4. The normalized spacial score (nSPS) is 30.2. The van der Waals surface area contributed by atoms with E-state index < -0.39 is 11.5 Å². The molecule has 1 unspecified atom stereocenters. The molecule has 1 aliphatic heterocycles. The second-order valence-electron chi connectivity index (χ2n) is 4.91. The van der Waals surface area contributed by atoms with Crippen molar-refractivity contribution in [1.29, 1.82) is 0 Å². The first-order valence-electron chi connectivity index (χ1n) is 6.16. The van der Waals surface area contributed by atoms with Gasteiger partial charge in [0.2, 0.25) is 5.91 Å². The number of aliphatic carboxylic acids is 1. The summed E-state index contributed by atoms with van der Waals surface area (Å²) in [5.74, 6) is -0.656. The highest BCUT2D eigenvalue weighted by atomic mass is 16.4. The molecule has 1 aliphatic carbocycles. The molecule has 1 saturated heterocycles. The molecule has 0 aromatic heterocycles. The van der Waals surface area contributed by atoms with Crippen LogP contribution < -0.4 is 0 Å². The fourth-order valence-electron chi connectivity index (χ4n) is 2.82. The maximum Gasteiger partial charge on any atom is 0.329 e. The minimum Gasteiger partial charge on any atom is -0.479 e. The van der Waals surface area contributed by atoms with Crippen LogP contribution in [-0.4, -0.2) is 34.0 Å². The number of carboxylic acids is 1. The zero-order valence-corrected chi connectivity index (χ0v) is 9.74. The van der Waals surface area contributed by atoms with Gasteiger partial charge in [-0.25, -0.2) is 4.79 Å². The van der Waals surface area contributed by atoms with Crippen LogP contribution in [0.15, 0.2) is 0 Å². The Morgan fingerprint density at radius 2 is 2.06 bits per heavy atom. The van der Waals surface area contributed by atoms with Gasteiger partial charge in [0.25, 0.3) is 0 Å². The lowest BCUT2D eigenvalue weighted by Crippen LogP contribution is -2.55. The number of hydrogen-bond donors (Lipinski definition) is 1. The van der Waals surface area contributed by atoms with Gasteiger partial charge in [-0.15, -0.1) is 0 Å². The van der Waals surface area contributed by atoms with Gasteiger partial charge < -0.3 is 10.0 Å². The molecule has 4 heteroatoms. The van der Waals surface area contributed by atoms with Crippen LogP contribution in [0.3, 0.4) is 0 Å². The molecule has 1 amide bonds. The average Bonchev–Trinajstić information content (AvgIpc) is 2.59. The second-order valence-corrected chi connectivity index (χ2v) is 4.91. The molecule has 0 radical (unpaired) electrons. The van der Waals surface area contributed by atoms with E-state index in [-0.39, 0.29) is 11.8 Å². The van der Waals surface area contributed by atoms with Gasteiger partial charge in [0, 0.05) is 12.5 Å². The Morgan fingerprint density at radius 3 is 2.50 bits per heavy atom. The minimum atomic E-state index is -0.910. The lowest BCUT2D eigenvalue weighted by molar-refractivity contribution is -0.159. The molecule has 0 aromatic carbocycles. The molecule has 0 aromatic rings. The van der Waals surface area contributed by atoms with Gasteiger partial charge in [-0.05, 0) is 32.1 Å². The van der Waals surface area contributed by atoms with Crippen molar-refractivity contribution >= 4 is 11.9 Å². The summed E-state index contributed by atoms with van der Waals surface area (Å²) in [7, 11) is 0. The van der Waals surface area contributed by atoms with Gasteiger partial charge in [0.05, 0.1) is 0 Å². The minimum absolute atomic E-state index is 0.0769. The molecule has 2 aliphatic rings. The van der Waals surface area contributed by atoms with Crippen LogP contribution in [0.1, 0.15) is 45.4 Å². The molecule has 1 heterocycles. The summed E-state index contributed by atoms with van der Waals surface area (Å²) in [6, 6.07) is 0. The molecular weight excluding hydrogens is 206 g/mol. The van der Waals surface area contributed by atoms with Crippen LogP contribution in [0.4, 0.5) is 0 Å². The highest BCUT2D eigenvalue weighted by Gasteiger charge is 2.50. The molecule has 16 heavy (non-hydrogen) atoms. The number of amides is 1. The molecule has 1 N–H and O–H groups in total. The third-order valence-corrected chi connectivity index (χ3v) is 4.19. The van der Waals surface area contributed by atoms with E-state index in [4.69, 9.17) is 0 Å². The van der Waals surface area contributed by atoms with Gasteiger partial charge in [0.1, 0.15) is 5.54 Å². The van der Waals surface area contributed by atoms with Crippen LogP contribution in [0.5, 0.6) is 0 Å². The number of carbonyl (C=O) groups excluding carboxylic acids is 1. The topological polar surface area (TPSA) is 57.6 Å².